The van der Waals surface area contributed by atoms with Gasteiger partial charge in [0, 0.05) is 32.7 Å². The van der Waals surface area contributed by atoms with E-state index >= 15 is 0 Å². The summed E-state index contributed by atoms with van der Waals surface area (Å²) in [4.78, 5) is 33.1. The maximum absolute atomic E-state index is 13.5. The van der Waals surface area contributed by atoms with Crippen LogP contribution < -0.4 is 4.90 Å². The van der Waals surface area contributed by atoms with Crippen molar-refractivity contribution in [3.05, 3.63) is 52.5 Å². The Hall–Kier alpha value is -3.43. The van der Waals surface area contributed by atoms with Crippen molar-refractivity contribution >= 4 is 34.8 Å². The second-order valence-electron chi connectivity index (χ2n) is 10.6. The summed E-state index contributed by atoms with van der Waals surface area (Å²) in [7, 11) is 0. The lowest BCUT2D eigenvalue weighted by molar-refractivity contribution is -0.137. The number of carbonyl (C=O) groups excluding carboxylic acids is 2. The van der Waals surface area contributed by atoms with E-state index in [2.05, 4.69) is 4.90 Å². The molecule has 2 aliphatic rings. The Morgan fingerprint density at radius 1 is 1.10 bits per heavy atom. The molecule has 2 saturated heterocycles. The quantitative estimate of drug-likeness (QED) is 0.349. The average Bonchev–Trinajstić information content (AvgIpc) is 3.32. The summed E-state index contributed by atoms with van der Waals surface area (Å²) in [6, 6.07) is 6.52. The molecule has 0 bridgehead atoms. The lowest BCUT2D eigenvalue weighted by Crippen LogP contribution is -2.49. The summed E-state index contributed by atoms with van der Waals surface area (Å²) < 4.78 is 46.0. The number of nitrogens with zero attached hydrogens (tertiary/aromatic N) is 5. The Bertz CT molecular complexity index is 1360. The van der Waals surface area contributed by atoms with Gasteiger partial charge in [0.1, 0.15) is 17.1 Å². The van der Waals surface area contributed by atoms with Crippen LogP contribution in [0, 0.1) is 25.2 Å². The third-order valence-corrected chi connectivity index (χ3v) is 7.95. The standard InChI is InChI=1S/C28H32F3N5O3S/c1-18-15-22(19(2)39-18)24(37)34-13-11-33(12-14-34)9-5-6-10-35-26(40)36(25(38)27(35,3)4)21-8-7-20(17-32)23(16-21)28(29,30)31/h7-8,15-16H,5-6,9-14H2,1-4H3. The minimum atomic E-state index is -4.74. The highest BCUT2D eigenvalue weighted by molar-refractivity contribution is 7.80. The fraction of sp³-hybridized carbons (Fsp3) is 0.500. The number of thiocarbonyl (C=S) groups is 1. The monoisotopic (exact) mass is 575 g/mol. The van der Waals surface area contributed by atoms with Crippen molar-refractivity contribution in [3.63, 3.8) is 0 Å². The van der Waals surface area contributed by atoms with Gasteiger partial charge in [-0.15, -0.1) is 0 Å². The molecule has 0 atom stereocenters. The number of amides is 2. The Morgan fingerprint density at radius 3 is 2.33 bits per heavy atom. The third-order valence-electron chi connectivity index (χ3n) is 7.55. The van der Waals surface area contributed by atoms with Gasteiger partial charge >= 0.3 is 6.18 Å². The fourth-order valence-corrected chi connectivity index (χ4v) is 5.74. The van der Waals surface area contributed by atoms with Gasteiger partial charge in [0.2, 0.25) is 0 Å². The lowest BCUT2D eigenvalue weighted by atomic mass is 10.0. The van der Waals surface area contributed by atoms with Crippen LogP contribution in [0.2, 0.25) is 0 Å². The molecule has 2 amide bonds. The highest BCUT2D eigenvalue weighted by atomic mass is 32.1. The van der Waals surface area contributed by atoms with E-state index in [1.54, 1.807) is 37.8 Å². The van der Waals surface area contributed by atoms with Gasteiger partial charge in [-0.3, -0.25) is 19.4 Å². The van der Waals surface area contributed by atoms with E-state index in [-0.39, 0.29) is 16.7 Å². The van der Waals surface area contributed by atoms with Gasteiger partial charge in [-0.2, -0.15) is 18.4 Å². The topological polar surface area (TPSA) is 84.0 Å². The van der Waals surface area contributed by atoms with Crippen molar-refractivity contribution < 1.29 is 27.2 Å². The maximum atomic E-state index is 13.5. The van der Waals surface area contributed by atoms with Gasteiger partial charge in [0.15, 0.2) is 5.11 Å². The van der Waals surface area contributed by atoms with Gasteiger partial charge < -0.3 is 14.2 Å². The van der Waals surface area contributed by atoms with Crippen LogP contribution in [0.5, 0.6) is 0 Å². The molecule has 8 nitrogen and oxygen atoms in total. The molecule has 0 spiro atoms. The van der Waals surface area contributed by atoms with Crippen molar-refractivity contribution in [2.45, 2.75) is 52.3 Å². The highest BCUT2D eigenvalue weighted by Crippen LogP contribution is 2.38. The predicted octanol–water partition coefficient (Wildman–Crippen LogP) is 4.74. The van der Waals surface area contributed by atoms with Crippen molar-refractivity contribution in [2.24, 2.45) is 0 Å². The molecule has 2 aliphatic heterocycles. The van der Waals surface area contributed by atoms with E-state index in [0.717, 1.165) is 49.5 Å². The summed E-state index contributed by atoms with van der Waals surface area (Å²) in [5, 5.41) is 9.23. The number of aryl methyl sites for hydroxylation is 2. The van der Waals surface area contributed by atoms with Gasteiger partial charge in [-0.25, -0.2) is 0 Å². The van der Waals surface area contributed by atoms with Crippen LogP contribution in [-0.4, -0.2) is 76.4 Å². The zero-order chi connectivity index (χ0) is 29.4. The normalized spacial score (nSPS) is 18.0. The Kier molecular flexibility index (Phi) is 8.28. The van der Waals surface area contributed by atoms with Crippen molar-refractivity contribution in [3.8, 4) is 6.07 Å². The molecule has 2 fully saturated rings. The van der Waals surface area contributed by atoms with Crippen LogP contribution in [-0.2, 0) is 11.0 Å². The van der Waals surface area contributed by atoms with Crippen molar-refractivity contribution in [1.82, 2.24) is 14.7 Å². The molecule has 0 saturated carbocycles. The van der Waals surface area contributed by atoms with Gasteiger partial charge in [0.05, 0.1) is 28.4 Å². The molecule has 0 aliphatic carbocycles. The van der Waals surface area contributed by atoms with Crippen molar-refractivity contribution in [1.29, 1.82) is 5.26 Å². The van der Waals surface area contributed by atoms with E-state index in [4.69, 9.17) is 21.9 Å². The number of hydrogen-bond donors (Lipinski definition) is 0. The number of unbranched alkanes of at least 4 members (excludes halogenated alkanes) is 1. The number of furan rings is 1. The smallest absolute Gasteiger partial charge is 0.417 e. The van der Waals surface area contributed by atoms with Crippen LogP contribution in [0.4, 0.5) is 18.9 Å². The molecule has 2 aromatic rings. The van der Waals surface area contributed by atoms with Gasteiger partial charge in [-0.05, 0) is 83.6 Å². The Morgan fingerprint density at radius 2 is 1.75 bits per heavy atom. The number of piperazine rings is 1. The molecular formula is C28H32F3N5O3S. The average molecular weight is 576 g/mol. The molecule has 4 rings (SSSR count). The van der Waals surface area contributed by atoms with Crippen LogP contribution in [0.3, 0.4) is 0 Å². The predicted molar refractivity (Wildman–Crippen MR) is 147 cm³/mol. The molecule has 1 aromatic carbocycles. The van der Waals surface area contributed by atoms with E-state index in [1.807, 2.05) is 11.8 Å². The summed E-state index contributed by atoms with van der Waals surface area (Å²) in [6.07, 6.45) is -3.19. The van der Waals surface area contributed by atoms with Gasteiger partial charge in [0.25, 0.3) is 11.8 Å². The minimum Gasteiger partial charge on any atom is -0.466 e. The number of alkyl halides is 3. The van der Waals surface area contributed by atoms with Crippen LogP contribution >= 0.6 is 12.2 Å². The van der Waals surface area contributed by atoms with E-state index in [9.17, 15) is 22.8 Å². The molecular weight excluding hydrogens is 543 g/mol. The number of hydrogen-bond acceptors (Lipinski definition) is 6. The summed E-state index contributed by atoms with van der Waals surface area (Å²) in [5.41, 5.74) is -2.05. The maximum Gasteiger partial charge on any atom is 0.417 e. The molecule has 3 heterocycles. The van der Waals surface area contributed by atoms with E-state index < -0.39 is 28.7 Å². The van der Waals surface area contributed by atoms with E-state index in [0.29, 0.717) is 36.7 Å². The first-order valence-electron chi connectivity index (χ1n) is 13.1. The number of benzene rings is 1. The number of rotatable bonds is 7. The van der Waals surface area contributed by atoms with Crippen LogP contribution in [0.15, 0.2) is 28.7 Å². The molecule has 40 heavy (non-hydrogen) atoms. The number of carbonyl (C=O) groups is 2. The van der Waals surface area contributed by atoms with Crippen LogP contribution in [0.25, 0.3) is 0 Å². The zero-order valence-corrected chi connectivity index (χ0v) is 23.8. The lowest BCUT2D eigenvalue weighted by Gasteiger charge is -2.35. The fourth-order valence-electron chi connectivity index (χ4n) is 5.24. The summed E-state index contributed by atoms with van der Waals surface area (Å²) in [6.45, 7) is 11.1. The molecule has 1 aromatic heterocycles. The molecule has 12 heteroatoms. The zero-order valence-electron chi connectivity index (χ0n) is 23.0. The third kappa shape index (κ3) is 5.71. The molecule has 0 radical (unpaired) electrons. The first-order valence-corrected chi connectivity index (χ1v) is 13.5. The SMILES string of the molecule is Cc1cc(C(=O)N2CCN(CCCCN3C(=S)N(c4ccc(C#N)c(C(F)(F)F)c4)C(=O)C3(C)C)CC2)c(C)o1. The van der Waals surface area contributed by atoms with Crippen molar-refractivity contribution in [2.75, 3.05) is 44.2 Å². The minimum absolute atomic E-state index is 0.00917. The van der Waals surface area contributed by atoms with Gasteiger partial charge in [-0.1, -0.05) is 0 Å². The number of anilines is 1. The highest BCUT2D eigenvalue weighted by Gasteiger charge is 2.49. The first kappa shape index (κ1) is 29.6. The second kappa shape index (κ2) is 11.2. The molecule has 214 valence electrons. The van der Waals surface area contributed by atoms with E-state index in [1.165, 1.54) is 6.07 Å². The summed E-state index contributed by atoms with van der Waals surface area (Å²) >= 11 is 5.56. The first-order chi connectivity index (χ1) is 18.8. The summed E-state index contributed by atoms with van der Waals surface area (Å²) in [5.74, 6) is 0.912. The Balaban J connectivity index is 1.32. The Labute approximate surface area is 236 Å². The largest absolute Gasteiger partial charge is 0.466 e. The molecule has 0 N–H and O–H groups in total. The second-order valence-corrected chi connectivity index (χ2v) is 11.0. The van der Waals surface area contributed by atoms with Crippen LogP contribution in [0.1, 0.15) is 59.7 Å². The number of nitriles is 1. The molecule has 0 unspecified atom stereocenters. The number of halogens is 3.